The Morgan fingerprint density at radius 1 is 1.38 bits per heavy atom. The van der Waals surface area contributed by atoms with Gasteiger partial charge in [0.05, 0.1) is 11.6 Å². The molecule has 1 fully saturated rings. The SMILES string of the molecule is CC(NC(=O)C(C)(C)N1CCNCC1)c1cccc(O)c1. The number of hydrogen-bond acceptors (Lipinski definition) is 4. The summed E-state index contributed by atoms with van der Waals surface area (Å²) in [5.74, 6) is 0.232. The molecule has 5 heteroatoms. The smallest absolute Gasteiger partial charge is 0.240 e. The third kappa shape index (κ3) is 3.74. The van der Waals surface area contributed by atoms with E-state index in [0.29, 0.717) is 0 Å². The summed E-state index contributed by atoms with van der Waals surface area (Å²) in [5, 5.41) is 15.9. The zero-order valence-electron chi connectivity index (χ0n) is 13.0. The molecule has 1 unspecified atom stereocenters. The van der Waals surface area contributed by atoms with E-state index in [-0.39, 0.29) is 17.7 Å². The van der Waals surface area contributed by atoms with Crippen LogP contribution in [0.5, 0.6) is 5.75 Å². The van der Waals surface area contributed by atoms with Crippen LogP contribution in [0.4, 0.5) is 0 Å². The summed E-state index contributed by atoms with van der Waals surface area (Å²) in [6.07, 6.45) is 0. The van der Waals surface area contributed by atoms with Gasteiger partial charge >= 0.3 is 0 Å². The number of phenolic OH excluding ortho intramolecular Hbond substituents is 1. The first-order valence-electron chi connectivity index (χ1n) is 7.47. The van der Waals surface area contributed by atoms with Gasteiger partial charge in [0.15, 0.2) is 0 Å². The van der Waals surface area contributed by atoms with E-state index in [9.17, 15) is 9.90 Å². The Bertz CT molecular complexity index is 496. The molecule has 0 aromatic heterocycles. The summed E-state index contributed by atoms with van der Waals surface area (Å²) in [6, 6.07) is 6.87. The highest BCUT2D eigenvalue weighted by atomic mass is 16.3. The van der Waals surface area contributed by atoms with Crippen molar-refractivity contribution < 1.29 is 9.90 Å². The van der Waals surface area contributed by atoms with E-state index < -0.39 is 5.54 Å². The maximum Gasteiger partial charge on any atom is 0.240 e. The number of carbonyl (C=O) groups is 1. The fourth-order valence-corrected chi connectivity index (χ4v) is 2.62. The highest BCUT2D eigenvalue weighted by Gasteiger charge is 2.35. The summed E-state index contributed by atoms with van der Waals surface area (Å²) in [5.41, 5.74) is 0.368. The van der Waals surface area contributed by atoms with Crippen molar-refractivity contribution in [3.05, 3.63) is 29.8 Å². The van der Waals surface area contributed by atoms with E-state index in [1.54, 1.807) is 18.2 Å². The number of hydrogen-bond donors (Lipinski definition) is 3. The molecule has 0 saturated carbocycles. The standard InChI is InChI=1S/C16H25N3O2/c1-12(13-5-4-6-14(20)11-13)18-15(21)16(2,3)19-9-7-17-8-10-19/h4-6,11-12,17,20H,7-10H2,1-3H3,(H,18,21). The summed E-state index contributed by atoms with van der Waals surface area (Å²) in [7, 11) is 0. The second kappa shape index (κ2) is 6.45. The van der Waals surface area contributed by atoms with Crippen LogP contribution in [0, 0.1) is 0 Å². The molecule has 1 heterocycles. The highest BCUT2D eigenvalue weighted by Crippen LogP contribution is 2.21. The topological polar surface area (TPSA) is 64.6 Å². The van der Waals surface area contributed by atoms with Crippen LogP contribution in [0.2, 0.25) is 0 Å². The molecular weight excluding hydrogens is 266 g/mol. The Morgan fingerprint density at radius 3 is 2.67 bits per heavy atom. The normalized spacial score (nSPS) is 18.2. The number of piperazine rings is 1. The third-order valence-corrected chi connectivity index (χ3v) is 4.18. The lowest BCUT2D eigenvalue weighted by Crippen LogP contribution is -2.60. The maximum absolute atomic E-state index is 12.6. The van der Waals surface area contributed by atoms with Crippen molar-refractivity contribution in [1.82, 2.24) is 15.5 Å². The molecule has 1 amide bonds. The number of nitrogens with zero attached hydrogens (tertiary/aromatic N) is 1. The molecule has 0 spiro atoms. The molecule has 1 aromatic carbocycles. The molecule has 2 rings (SSSR count). The van der Waals surface area contributed by atoms with E-state index in [1.165, 1.54) is 0 Å². The molecule has 1 aliphatic heterocycles. The molecule has 21 heavy (non-hydrogen) atoms. The van der Waals surface area contributed by atoms with Crippen molar-refractivity contribution >= 4 is 5.91 Å². The largest absolute Gasteiger partial charge is 0.508 e. The highest BCUT2D eigenvalue weighted by molar-refractivity contribution is 5.85. The first-order chi connectivity index (χ1) is 9.91. The summed E-state index contributed by atoms with van der Waals surface area (Å²) < 4.78 is 0. The second-order valence-corrected chi connectivity index (χ2v) is 6.09. The molecule has 3 N–H and O–H groups in total. The Labute approximate surface area is 126 Å². The second-order valence-electron chi connectivity index (χ2n) is 6.09. The molecule has 0 bridgehead atoms. The van der Waals surface area contributed by atoms with Crippen molar-refractivity contribution in [1.29, 1.82) is 0 Å². The number of aromatic hydroxyl groups is 1. The fourth-order valence-electron chi connectivity index (χ4n) is 2.62. The molecule has 1 aromatic rings. The number of nitrogens with one attached hydrogen (secondary N) is 2. The lowest BCUT2D eigenvalue weighted by Gasteiger charge is -2.40. The molecule has 1 aliphatic rings. The third-order valence-electron chi connectivity index (χ3n) is 4.18. The Kier molecular flexibility index (Phi) is 4.85. The Balaban J connectivity index is 2.02. The van der Waals surface area contributed by atoms with Gasteiger partial charge in [-0.3, -0.25) is 9.69 Å². The van der Waals surface area contributed by atoms with Gasteiger partial charge in [-0.05, 0) is 38.5 Å². The van der Waals surface area contributed by atoms with Crippen molar-refractivity contribution in [3.8, 4) is 5.75 Å². The van der Waals surface area contributed by atoms with Gasteiger partial charge in [0, 0.05) is 26.2 Å². The number of amides is 1. The zero-order chi connectivity index (χ0) is 15.5. The monoisotopic (exact) mass is 291 g/mol. The van der Waals surface area contributed by atoms with Crippen molar-refractivity contribution in [2.45, 2.75) is 32.4 Å². The van der Waals surface area contributed by atoms with Gasteiger partial charge in [0.1, 0.15) is 5.75 Å². The molecule has 1 atom stereocenters. The van der Waals surface area contributed by atoms with Crippen LogP contribution in [-0.2, 0) is 4.79 Å². The lowest BCUT2D eigenvalue weighted by molar-refractivity contribution is -0.132. The van der Waals surface area contributed by atoms with Gasteiger partial charge in [-0.1, -0.05) is 12.1 Å². The Morgan fingerprint density at radius 2 is 2.05 bits per heavy atom. The molecule has 0 radical (unpaired) electrons. The first kappa shape index (κ1) is 15.8. The molecule has 116 valence electrons. The van der Waals surface area contributed by atoms with Crippen molar-refractivity contribution in [2.75, 3.05) is 26.2 Å². The number of carbonyl (C=O) groups excluding carboxylic acids is 1. The molecule has 0 aliphatic carbocycles. The molecule has 5 nitrogen and oxygen atoms in total. The number of phenols is 1. The van der Waals surface area contributed by atoms with E-state index in [0.717, 1.165) is 31.7 Å². The van der Waals surface area contributed by atoms with Gasteiger partial charge in [0.25, 0.3) is 0 Å². The predicted octanol–water partition coefficient (Wildman–Crippen LogP) is 1.25. The summed E-state index contributed by atoms with van der Waals surface area (Å²) in [4.78, 5) is 14.8. The maximum atomic E-state index is 12.6. The van der Waals surface area contributed by atoms with Gasteiger partial charge in [0.2, 0.25) is 5.91 Å². The van der Waals surface area contributed by atoms with Crippen molar-refractivity contribution in [2.24, 2.45) is 0 Å². The van der Waals surface area contributed by atoms with Crippen LogP contribution in [-0.4, -0.2) is 47.6 Å². The van der Waals surface area contributed by atoms with Crippen LogP contribution >= 0.6 is 0 Å². The minimum Gasteiger partial charge on any atom is -0.508 e. The fraction of sp³-hybridized carbons (Fsp3) is 0.562. The van der Waals surface area contributed by atoms with Crippen molar-refractivity contribution in [3.63, 3.8) is 0 Å². The predicted molar refractivity (Wildman–Crippen MR) is 83.2 cm³/mol. The zero-order valence-corrected chi connectivity index (χ0v) is 13.0. The number of rotatable bonds is 4. The van der Waals surface area contributed by atoms with E-state index in [2.05, 4.69) is 15.5 Å². The van der Waals surface area contributed by atoms with Crippen LogP contribution in [0.25, 0.3) is 0 Å². The summed E-state index contributed by atoms with van der Waals surface area (Å²) in [6.45, 7) is 9.44. The van der Waals surface area contributed by atoms with Crippen LogP contribution in [0.3, 0.4) is 0 Å². The van der Waals surface area contributed by atoms with Gasteiger partial charge in [-0.2, -0.15) is 0 Å². The Hall–Kier alpha value is -1.59. The quantitative estimate of drug-likeness (QED) is 0.781. The minimum absolute atomic E-state index is 0.0141. The van der Waals surface area contributed by atoms with E-state index >= 15 is 0 Å². The van der Waals surface area contributed by atoms with E-state index in [1.807, 2.05) is 26.8 Å². The van der Waals surface area contributed by atoms with Crippen LogP contribution < -0.4 is 10.6 Å². The lowest BCUT2D eigenvalue weighted by atomic mass is 9.99. The average molecular weight is 291 g/mol. The first-order valence-corrected chi connectivity index (χ1v) is 7.47. The van der Waals surface area contributed by atoms with E-state index in [4.69, 9.17) is 0 Å². The van der Waals surface area contributed by atoms with Crippen LogP contribution in [0.15, 0.2) is 24.3 Å². The van der Waals surface area contributed by atoms with Gasteiger partial charge in [-0.25, -0.2) is 0 Å². The number of benzene rings is 1. The average Bonchev–Trinajstić information content (AvgIpc) is 2.48. The summed E-state index contributed by atoms with van der Waals surface area (Å²) >= 11 is 0. The minimum atomic E-state index is -0.535. The van der Waals surface area contributed by atoms with Crippen LogP contribution in [0.1, 0.15) is 32.4 Å². The molecule has 1 saturated heterocycles. The van der Waals surface area contributed by atoms with Gasteiger partial charge in [-0.15, -0.1) is 0 Å². The van der Waals surface area contributed by atoms with Gasteiger partial charge < -0.3 is 15.7 Å². The molecular formula is C16H25N3O2.